The van der Waals surface area contributed by atoms with Crippen molar-refractivity contribution < 1.29 is 17.6 Å². The molecule has 0 saturated carbocycles. The minimum Gasteiger partial charge on any atom is -0.312 e. The Balaban J connectivity index is 1.89. The van der Waals surface area contributed by atoms with Crippen LogP contribution in [0.15, 0.2) is 23.6 Å². The van der Waals surface area contributed by atoms with Gasteiger partial charge in [-0.25, -0.2) is 9.37 Å². The molecular formula is C14H14F4N2S. The molecule has 114 valence electrons. The number of aryl methyl sites for hydroxylation is 1. The van der Waals surface area contributed by atoms with Crippen LogP contribution in [-0.4, -0.2) is 11.5 Å². The molecule has 0 radical (unpaired) electrons. The Labute approximate surface area is 123 Å². The number of hydrogen-bond acceptors (Lipinski definition) is 3. The molecular weight excluding hydrogens is 304 g/mol. The van der Waals surface area contributed by atoms with Crippen molar-refractivity contribution in [2.24, 2.45) is 0 Å². The van der Waals surface area contributed by atoms with Gasteiger partial charge in [-0.2, -0.15) is 13.2 Å². The van der Waals surface area contributed by atoms with E-state index >= 15 is 0 Å². The quantitative estimate of drug-likeness (QED) is 0.667. The van der Waals surface area contributed by atoms with Crippen molar-refractivity contribution in [3.8, 4) is 0 Å². The Kier molecular flexibility index (Phi) is 4.95. The van der Waals surface area contributed by atoms with Crippen LogP contribution >= 0.6 is 11.3 Å². The lowest BCUT2D eigenvalue weighted by Crippen LogP contribution is -2.17. The average molecular weight is 318 g/mol. The average Bonchev–Trinajstić information content (AvgIpc) is 2.79. The maximum absolute atomic E-state index is 13.2. The van der Waals surface area contributed by atoms with E-state index in [1.807, 2.05) is 12.3 Å². The molecule has 0 bridgehead atoms. The van der Waals surface area contributed by atoms with Crippen LogP contribution in [0.25, 0.3) is 0 Å². The van der Waals surface area contributed by atoms with E-state index in [9.17, 15) is 17.6 Å². The number of rotatable bonds is 5. The van der Waals surface area contributed by atoms with Gasteiger partial charge in [-0.15, -0.1) is 11.3 Å². The van der Waals surface area contributed by atoms with Crippen LogP contribution < -0.4 is 5.32 Å². The Morgan fingerprint density at radius 2 is 2.00 bits per heavy atom. The summed E-state index contributed by atoms with van der Waals surface area (Å²) in [6, 6.07) is 2.57. The first kappa shape index (κ1) is 15.9. The van der Waals surface area contributed by atoms with E-state index in [4.69, 9.17) is 0 Å². The van der Waals surface area contributed by atoms with Crippen LogP contribution in [0.2, 0.25) is 0 Å². The number of alkyl halides is 3. The van der Waals surface area contributed by atoms with Crippen molar-refractivity contribution >= 4 is 11.3 Å². The highest BCUT2D eigenvalue weighted by molar-refractivity contribution is 7.09. The van der Waals surface area contributed by atoms with Gasteiger partial charge < -0.3 is 5.32 Å². The molecule has 1 aromatic carbocycles. The zero-order chi connectivity index (χ0) is 15.5. The molecule has 21 heavy (non-hydrogen) atoms. The van der Waals surface area contributed by atoms with Crippen LogP contribution in [0.5, 0.6) is 0 Å². The van der Waals surface area contributed by atoms with Crippen molar-refractivity contribution in [3.63, 3.8) is 0 Å². The third-order valence-electron chi connectivity index (χ3n) is 2.84. The van der Waals surface area contributed by atoms with E-state index in [0.29, 0.717) is 19.0 Å². The van der Waals surface area contributed by atoms with Crippen LogP contribution in [0.4, 0.5) is 17.6 Å². The fourth-order valence-electron chi connectivity index (χ4n) is 1.89. The number of nitrogens with zero attached hydrogens (tertiary/aromatic N) is 1. The van der Waals surface area contributed by atoms with E-state index in [0.717, 1.165) is 22.8 Å². The summed E-state index contributed by atoms with van der Waals surface area (Å²) in [5, 5.41) is 5.92. The lowest BCUT2D eigenvalue weighted by atomic mass is 10.1. The Bertz CT molecular complexity index is 607. The van der Waals surface area contributed by atoms with E-state index in [2.05, 4.69) is 10.3 Å². The monoisotopic (exact) mass is 318 g/mol. The first-order valence-electron chi connectivity index (χ1n) is 6.33. The van der Waals surface area contributed by atoms with Gasteiger partial charge in [-0.1, -0.05) is 0 Å². The molecule has 1 heterocycles. The fourth-order valence-corrected chi connectivity index (χ4v) is 2.54. The summed E-state index contributed by atoms with van der Waals surface area (Å²) in [5.74, 6) is -0.878. The Morgan fingerprint density at radius 1 is 1.24 bits per heavy atom. The van der Waals surface area contributed by atoms with Crippen LogP contribution in [0.1, 0.15) is 21.8 Å². The summed E-state index contributed by atoms with van der Waals surface area (Å²) in [6.07, 6.45) is -3.85. The highest BCUT2D eigenvalue weighted by Crippen LogP contribution is 2.30. The zero-order valence-corrected chi connectivity index (χ0v) is 12.1. The van der Waals surface area contributed by atoms with Gasteiger partial charge in [0.15, 0.2) is 0 Å². The van der Waals surface area contributed by atoms with Gasteiger partial charge >= 0.3 is 6.18 Å². The van der Waals surface area contributed by atoms with Crippen molar-refractivity contribution in [1.82, 2.24) is 10.3 Å². The molecule has 0 aliphatic rings. The van der Waals surface area contributed by atoms with Gasteiger partial charge in [-0.05, 0) is 30.7 Å². The zero-order valence-electron chi connectivity index (χ0n) is 11.3. The highest BCUT2D eigenvalue weighted by atomic mass is 32.1. The third-order valence-corrected chi connectivity index (χ3v) is 3.66. The lowest BCUT2D eigenvalue weighted by molar-refractivity contribution is -0.137. The molecule has 0 aliphatic heterocycles. The number of aromatic nitrogens is 1. The standard InChI is InChI=1S/C14H14F4N2S/c1-9-20-13(8-21-9)2-3-19-7-10-4-11(14(16,17)18)6-12(15)5-10/h4-6,8,19H,2-3,7H2,1H3. The van der Waals surface area contributed by atoms with Crippen LogP contribution in [-0.2, 0) is 19.1 Å². The lowest BCUT2D eigenvalue weighted by Gasteiger charge is -2.10. The van der Waals surface area contributed by atoms with E-state index in [1.165, 1.54) is 0 Å². The molecule has 1 N–H and O–H groups in total. The van der Waals surface area contributed by atoms with Gasteiger partial charge in [0.1, 0.15) is 5.82 Å². The van der Waals surface area contributed by atoms with Gasteiger partial charge in [0.25, 0.3) is 0 Å². The first-order valence-corrected chi connectivity index (χ1v) is 7.21. The van der Waals surface area contributed by atoms with Crippen molar-refractivity contribution in [2.75, 3.05) is 6.54 Å². The molecule has 7 heteroatoms. The molecule has 0 atom stereocenters. The topological polar surface area (TPSA) is 24.9 Å². The van der Waals surface area contributed by atoms with Crippen LogP contribution in [0, 0.1) is 12.7 Å². The number of hydrogen-bond donors (Lipinski definition) is 1. The maximum atomic E-state index is 13.2. The number of thiazole rings is 1. The summed E-state index contributed by atoms with van der Waals surface area (Å²) in [4.78, 5) is 4.29. The summed E-state index contributed by atoms with van der Waals surface area (Å²) < 4.78 is 50.9. The molecule has 0 saturated heterocycles. The van der Waals surface area contributed by atoms with Gasteiger partial charge in [0.05, 0.1) is 16.3 Å². The van der Waals surface area contributed by atoms with Crippen LogP contribution in [0.3, 0.4) is 0 Å². The normalized spacial score (nSPS) is 11.9. The molecule has 0 spiro atoms. The minimum absolute atomic E-state index is 0.184. The Morgan fingerprint density at radius 3 is 2.62 bits per heavy atom. The summed E-state index contributed by atoms with van der Waals surface area (Å²) in [5.41, 5.74) is 0.256. The molecule has 0 unspecified atom stereocenters. The molecule has 2 nitrogen and oxygen atoms in total. The van der Waals surface area contributed by atoms with Crippen molar-refractivity contribution in [1.29, 1.82) is 0 Å². The number of benzene rings is 1. The maximum Gasteiger partial charge on any atom is 0.416 e. The van der Waals surface area contributed by atoms with Gasteiger partial charge in [-0.3, -0.25) is 0 Å². The van der Waals surface area contributed by atoms with Gasteiger partial charge in [0.2, 0.25) is 0 Å². The summed E-state index contributed by atoms with van der Waals surface area (Å²) in [6.45, 7) is 2.66. The smallest absolute Gasteiger partial charge is 0.312 e. The van der Waals surface area contributed by atoms with Crippen molar-refractivity contribution in [3.05, 3.63) is 51.2 Å². The second-order valence-electron chi connectivity index (χ2n) is 4.63. The first-order chi connectivity index (χ1) is 9.84. The SMILES string of the molecule is Cc1nc(CCNCc2cc(F)cc(C(F)(F)F)c2)cs1. The molecule has 0 fully saturated rings. The second-order valence-corrected chi connectivity index (χ2v) is 5.69. The summed E-state index contributed by atoms with van der Waals surface area (Å²) in [7, 11) is 0. The van der Waals surface area contributed by atoms with E-state index in [1.54, 1.807) is 11.3 Å². The Hall–Kier alpha value is -1.47. The second kappa shape index (κ2) is 6.53. The fraction of sp³-hybridized carbons (Fsp3) is 0.357. The molecule has 1 aromatic heterocycles. The largest absolute Gasteiger partial charge is 0.416 e. The predicted octanol–water partition coefficient (Wildman–Crippen LogP) is 3.94. The predicted molar refractivity (Wildman–Crippen MR) is 73.7 cm³/mol. The van der Waals surface area contributed by atoms with E-state index < -0.39 is 17.6 Å². The van der Waals surface area contributed by atoms with Gasteiger partial charge in [0, 0.05) is 24.9 Å². The molecule has 2 rings (SSSR count). The number of nitrogens with one attached hydrogen (secondary N) is 1. The molecule has 0 aliphatic carbocycles. The highest BCUT2D eigenvalue weighted by Gasteiger charge is 2.31. The number of halogens is 4. The third kappa shape index (κ3) is 4.78. The molecule has 2 aromatic rings. The summed E-state index contributed by atoms with van der Waals surface area (Å²) >= 11 is 1.55. The van der Waals surface area contributed by atoms with E-state index in [-0.39, 0.29) is 12.1 Å². The van der Waals surface area contributed by atoms with Crippen molar-refractivity contribution in [2.45, 2.75) is 26.1 Å². The molecule has 0 amide bonds. The minimum atomic E-state index is -4.53.